The van der Waals surface area contributed by atoms with Crippen molar-refractivity contribution in [3.63, 3.8) is 0 Å². The average Bonchev–Trinajstić information content (AvgIpc) is 2.77. The molecular formula is C26H18F2N2O2. The summed E-state index contributed by atoms with van der Waals surface area (Å²) >= 11 is 0. The Morgan fingerprint density at radius 2 is 1.81 bits per heavy atom. The smallest absolute Gasteiger partial charge is 0.191 e. The largest absolute Gasteiger partial charge is 0.457 e. The van der Waals surface area contributed by atoms with Gasteiger partial charge in [0.05, 0.1) is 12.1 Å². The fourth-order valence-corrected chi connectivity index (χ4v) is 3.44. The van der Waals surface area contributed by atoms with Gasteiger partial charge in [0, 0.05) is 30.5 Å². The molecule has 0 aliphatic carbocycles. The summed E-state index contributed by atoms with van der Waals surface area (Å²) in [5.41, 5.74) is 3.07. The Labute approximate surface area is 183 Å². The quantitative estimate of drug-likeness (QED) is 0.329. The second kappa shape index (κ2) is 8.94. The first-order valence-electron chi connectivity index (χ1n) is 9.92. The number of hydrogen-bond donors (Lipinski definition) is 0. The Morgan fingerprint density at radius 3 is 2.53 bits per heavy atom. The van der Waals surface area contributed by atoms with Crippen molar-refractivity contribution >= 4 is 22.4 Å². The van der Waals surface area contributed by atoms with Crippen LogP contribution >= 0.6 is 0 Å². The van der Waals surface area contributed by atoms with Gasteiger partial charge in [-0.2, -0.15) is 0 Å². The zero-order chi connectivity index (χ0) is 22.7. The van der Waals surface area contributed by atoms with Gasteiger partial charge in [0.1, 0.15) is 28.9 Å². The van der Waals surface area contributed by atoms with E-state index in [-0.39, 0.29) is 24.2 Å². The second-order valence-corrected chi connectivity index (χ2v) is 7.45. The zero-order valence-electron chi connectivity index (χ0n) is 17.2. The molecule has 0 atom stereocenters. The van der Waals surface area contributed by atoms with Gasteiger partial charge >= 0.3 is 0 Å². The SMILES string of the molecule is [C-]#[N+]c1cc2c(Oc3ccc(CC(=O)Cc4ccc(F)cc4F)cc3)ccnc2cc1C. The maximum Gasteiger partial charge on any atom is 0.191 e. The molecule has 4 aromatic rings. The van der Waals surface area contributed by atoms with Gasteiger partial charge in [-0.3, -0.25) is 9.78 Å². The highest BCUT2D eigenvalue weighted by atomic mass is 19.1. The van der Waals surface area contributed by atoms with Crippen molar-refractivity contribution in [2.45, 2.75) is 19.8 Å². The monoisotopic (exact) mass is 428 g/mol. The van der Waals surface area contributed by atoms with Crippen LogP contribution in [-0.4, -0.2) is 10.8 Å². The van der Waals surface area contributed by atoms with Gasteiger partial charge in [0.25, 0.3) is 0 Å². The first-order chi connectivity index (χ1) is 15.4. The van der Waals surface area contributed by atoms with Crippen LogP contribution in [0.4, 0.5) is 14.5 Å². The van der Waals surface area contributed by atoms with Crippen LogP contribution in [0.1, 0.15) is 16.7 Å². The van der Waals surface area contributed by atoms with Gasteiger partial charge in [0.15, 0.2) is 5.69 Å². The summed E-state index contributed by atoms with van der Waals surface area (Å²) in [6.07, 6.45) is 1.68. The van der Waals surface area contributed by atoms with Crippen molar-refractivity contribution in [2.24, 2.45) is 0 Å². The van der Waals surface area contributed by atoms with Gasteiger partial charge in [-0.25, -0.2) is 13.6 Å². The number of ketones is 1. The summed E-state index contributed by atoms with van der Waals surface area (Å²) in [7, 11) is 0. The van der Waals surface area contributed by atoms with Gasteiger partial charge in [-0.1, -0.05) is 18.2 Å². The highest BCUT2D eigenvalue weighted by Crippen LogP contribution is 2.33. The Hall–Kier alpha value is -4.11. The van der Waals surface area contributed by atoms with E-state index < -0.39 is 11.6 Å². The van der Waals surface area contributed by atoms with Gasteiger partial charge in [-0.15, -0.1) is 0 Å². The summed E-state index contributed by atoms with van der Waals surface area (Å²) in [5, 5.41) is 0.740. The minimum atomic E-state index is -0.719. The highest BCUT2D eigenvalue weighted by Gasteiger charge is 2.11. The molecule has 0 N–H and O–H groups in total. The van der Waals surface area contributed by atoms with E-state index in [2.05, 4.69) is 9.83 Å². The summed E-state index contributed by atoms with van der Waals surface area (Å²) in [4.78, 5) is 20.2. The Morgan fingerprint density at radius 1 is 1.03 bits per heavy atom. The van der Waals surface area contributed by atoms with Crippen LogP contribution in [0.3, 0.4) is 0 Å². The number of fused-ring (bicyclic) bond motifs is 1. The number of pyridine rings is 1. The number of carbonyl (C=O) groups is 1. The first-order valence-corrected chi connectivity index (χ1v) is 9.92. The molecule has 0 radical (unpaired) electrons. The number of benzene rings is 3. The van der Waals surface area contributed by atoms with E-state index in [0.717, 1.165) is 34.2 Å². The van der Waals surface area contributed by atoms with Gasteiger partial charge in [0.2, 0.25) is 0 Å². The number of nitrogens with zero attached hydrogens (tertiary/aromatic N) is 2. The Kier molecular flexibility index (Phi) is 5.91. The highest BCUT2D eigenvalue weighted by molar-refractivity contribution is 5.89. The average molecular weight is 428 g/mol. The van der Waals surface area contributed by atoms with Crippen molar-refractivity contribution in [1.29, 1.82) is 0 Å². The van der Waals surface area contributed by atoms with Crippen molar-refractivity contribution < 1.29 is 18.3 Å². The van der Waals surface area contributed by atoms with Gasteiger partial charge < -0.3 is 4.74 Å². The normalized spacial score (nSPS) is 10.7. The Balaban J connectivity index is 1.47. The molecule has 0 saturated heterocycles. The van der Waals surface area contributed by atoms with Crippen molar-refractivity contribution in [2.75, 3.05) is 0 Å². The molecule has 0 fully saturated rings. The molecule has 4 rings (SSSR count). The van der Waals surface area contributed by atoms with Crippen molar-refractivity contribution in [3.8, 4) is 11.5 Å². The number of rotatable bonds is 6. The molecule has 0 amide bonds. The summed E-state index contributed by atoms with van der Waals surface area (Å²) < 4.78 is 32.8. The number of aromatic nitrogens is 1. The van der Waals surface area contributed by atoms with Crippen LogP contribution in [0.5, 0.6) is 11.5 Å². The minimum Gasteiger partial charge on any atom is -0.457 e. The standard InChI is InChI=1S/C26H18F2N2O2/c1-16-11-25-22(15-24(16)29-2)26(9-10-30-25)32-21-7-3-17(4-8-21)12-20(31)13-18-5-6-19(27)14-23(18)28/h3-11,14-15H,12-13H2,1H3. The lowest BCUT2D eigenvalue weighted by Gasteiger charge is -2.10. The molecule has 32 heavy (non-hydrogen) atoms. The van der Waals surface area contributed by atoms with E-state index in [1.54, 1.807) is 42.6 Å². The lowest BCUT2D eigenvalue weighted by Crippen LogP contribution is -2.08. The Bertz CT molecular complexity index is 1360. The van der Waals surface area contributed by atoms with Crippen LogP contribution in [0, 0.1) is 25.1 Å². The summed E-state index contributed by atoms with van der Waals surface area (Å²) in [6.45, 7) is 9.19. The van der Waals surface area contributed by atoms with E-state index in [1.165, 1.54) is 6.07 Å². The molecule has 1 aromatic heterocycles. The molecule has 0 unspecified atom stereocenters. The van der Waals surface area contributed by atoms with E-state index in [9.17, 15) is 13.6 Å². The van der Waals surface area contributed by atoms with Gasteiger partial charge in [-0.05, 0) is 60.0 Å². The van der Waals surface area contributed by atoms with E-state index in [0.29, 0.717) is 17.2 Å². The number of hydrogen-bond acceptors (Lipinski definition) is 3. The number of ether oxygens (including phenoxy) is 1. The summed E-state index contributed by atoms with van der Waals surface area (Å²) in [6, 6.07) is 15.6. The zero-order valence-corrected chi connectivity index (χ0v) is 17.2. The molecule has 0 saturated carbocycles. The van der Waals surface area contributed by atoms with Crippen molar-refractivity contribution in [3.05, 3.63) is 107 Å². The predicted molar refractivity (Wildman–Crippen MR) is 118 cm³/mol. The molecule has 1 heterocycles. The predicted octanol–water partition coefficient (Wildman–Crippen LogP) is 6.52. The molecule has 3 aromatic carbocycles. The molecule has 0 bridgehead atoms. The van der Waals surface area contributed by atoms with Crippen LogP contribution < -0.4 is 4.74 Å². The second-order valence-electron chi connectivity index (χ2n) is 7.45. The van der Waals surface area contributed by atoms with E-state index in [4.69, 9.17) is 11.3 Å². The molecule has 158 valence electrons. The minimum absolute atomic E-state index is 0.101. The van der Waals surface area contributed by atoms with Crippen LogP contribution in [0.15, 0.2) is 66.9 Å². The number of aryl methyl sites for hydroxylation is 1. The molecule has 6 heteroatoms. The molecular weight excluding hydrogens is 410 g/mol. The third-order valence-electron chi connectivity index (χ3n) is 5.09. The van der Waals surface area contributed by atoms with Crippen molar-refractivity contribution in [1.82, 2.24) is 4.98 Å². The molecule has 0 aliphatic heterocycles. The number of carbonyl (C=O) groups excluding carboxylic acids is 1. The number of Topliss-reactive ketones (excluding diaryl/α,β-unsaturated/α-hetero) is 1. The van der Waals surface area contributed by atoms with Crippen LogP contribution in [0.2, 0.25) is 0 Å². The maximum absolute atomic E-state index is 13.8. The molecule has 4 nitrogen and oxygen atoms in total. The molecule has 0 aliphatic rings. The number of halogens is 2. The molecule has 0 spiro atoms. The fourth-order valence-electron chi connectivity index (χ4n) is 3.44. The third kappa shape index (κ3) is 4.62. The van der Waals surface area contributed by atoms with Crippen LogP contribution in [-0.2, 0) is 17.6 Å². The lowest BCUT2D eigenvalue weighted by molar-refractivity contribution is -0.117. The summed E-state index contributed by atoms with van der Waals surface area (Å²) in [5.74, 6) is -0.412. The maximum atomic E-state index is 13.8. The lowest BCUT2D eigenvalue weighted by atomic mass is 10.0. The third-order valence-corrected chi connectivity index (χ3v) is 5.09. The first kappa shape index (κ1) is 21.1. The fraction of sp³-hybridized carbons (Fsp3) is 0.115. The van der Waals surface area contributed by atoms with Crippen LogP contribution in [0.25, 0.3) is 15.7 Å². The topological polar surface area (TPSA) is 43.5 Å². The van der Waals surface area contributed by atoms with E-state index in [1.807, 2.05) is 13.0 Å². The van der Waals surface area contributed by atoms with E-state index >= 15 is 0 Å².